The van der Waals surface area contributed by atoms with Crippen LogP contribution in [0.3, 0.4) is 0 Å². The van der Waals surface area contributed by atoms with Crippen molar-refractivity contribution in [1.82, 2.24) is 0 Å². The fourth-order valence-corrected chi connectivity index (χ4v) is 2.13. The molecule has 29 heavy (non-hydrogen) atoms. The van der Waals surface area contributed by atoms with Crippen LogP contribution in [0.2, 0.25) is 0 Å². The number of carbonyl (C=O) groups is 3. The van der Waals surface area contributed by atoms with E-state index in [1.54, 1.807) is 0 Å². The fourth-order valence-electron chi connectivity index (χ4n) is 2.13. The molecule has 0 spiro atoms. The third-order valence-corrected chi connectivity index (χ3v) is 3.55. The van der Waals surface area contributed by atoms with Crippen molar-refractivity contribution in [3.63, 3.8) is 0 Å². The van der Waals surface area contributed by atoms with Crippen LogP contribution in [-0.4, -0.2) is 37.4 Å². The second-order valence-corrected chi connectivity index (χ2v) is 5.68. The Hall–Kier alpha value is -3.56. The van der Waals surface area contributed by atoms with E-state index in [9.17, 15) is 27.6 Å². The first kappa shape index (κ1) is 21.7. The maximum absolute atomic E-state index is 12.1. The summed E-state index contributed by atoms with van der Waals surface area (Å²) in [5.74, 6) is -2.48. The van der Waals surface area contributed by atoms with E-state index in [-0.39, 0.29) is 16.8 Å². The SMILES string of the molecule is COC(=O)c1ccc(C(=O)OC(C)C(=O)Nc2ccc(OC(F)(F)F)cc2)cc1. The Labute approximate surface area is 163 Å². The van der Waals surface area contributed by atoms with Crippen LogP contribution in [-0.2, 0) is 14.3 Å². The summed E-state index contributed by atoms with van der Waals surface area (Å²) in [6.45, 7) is 1.33. The minimum absolute atomic E-state index is 0.117. The largest absolute Gasteiger partial charge is 0.573 e. The highest BCUT2D eigenvalue weighted by molar-refractivity contribution is 5.98. The van der Waals surface area contributed by atoms with Gasteiger partial charge < -0.3 is 19.5 Å². The van der Waals surface area contributed by atoms with Crippen LogP contribution in [0.5, 0.6) is 5.75 Å². The van der Waals surface area contributed by atoms with E-state index >= 15 is 0 Å². The van der Waals surface area contributed by atoms with E-state index in [0.717, 1.165) is 12.1 Å². The van der Waals surface area contributed by atoms with E-state index in [1.165, 1.54) is 50.4 Å². The molecule has 154 valence electrons. The molecular formula is C19H16F3NO6. The zero-order valence-corrected chi connectivity index (χ0v) is 15.3. The molecule has 0 aromatic heterocycles. The summed E-state index contributed by atoms with van der Waals surface area (Å²) in [5.41, 5.74) is 0.550. The number of nitrogens with one attached hydrogen (secondary N) is 1. The highest BCUT2D eigenvalue weighted by atomic mass is 19.4. The van der Waals surface area contributed by atoms with Gasteiger partial charge >= 0.3 is 18.3 Å². The molecule has 1 amide bonds. The summed E-state index contributed by atoms with van der Waals surface area (Å²) in [7, 11) is 1.22. The van der Waals surface area contributed by atoms with Gasteiger partial charge in [-0.25, -0.2) is 9.59 Å². The smallest absolute Gasteiger partial charge is 0.465 e. The highest BCUT2D eigenvalue weighted by Crippen LogP contribution is 2.24. The van der Waals surface area contributed by atoms with E-state index in [0.29, 0.717) is 0 Å². The van der Waals surface area contributed by atoms with Crippen molar-refractivity contribution in [2.45, 2.75) is 19.4 Å². The first-order valence-electron chi connectivity index (χ1n) is 8.15. The van der Waals surface area contributed by atoms with Gasteiger partial charge in [0.2, 0.25) is 0 Å². The molecule has 0 saturated carbocycles. The second kappa shape index (κ2) is 9.09. The Balaban J connectivity index is 1.93. The molecule has 0 radical (unpaired) electrons. The van der Waals surface area contributed by atoms with Gasteiger partial charge in [0.25, 0.3) is 5.91 Å². The van der Waals surface area contributed by atoms with Crippen molar-refractivity contribution in [3.8, 4) is 5.75 Å². The number of anilines is 1. The van der Waals surface area contributed by atoms with Crippen LogP contribution in [0.15, 0.2) is 48.5 Å². The predicted molar refractivity (Wildman–Crippen MR) is 94.4 cm³/mol. The highest BCUT2D eigenvalue weighted by Gasteiger charge is 2.31. The van der Waals surface area contributed by atoms with Gasteiger partial charge in [-0.05, 0) is 55.5 Å². The van der Waals surface area contributed by atoms with Gasteiger partial charge in [-0.2, -0.15) is 0 Å². The summed E-state index contributed by atoms with van der Waals surface area (Å²) >= 11 is 0. The molecule has 0 aliphatic heterocycles. The summed E-state index contributed by atoms with van der Waals surface area (Å²) < 4.78 is 49.7. The maximum Gasteiger partial charge on any atom is 0.573 e. The molecule has 1 atom stereocenters. The standard InChI is InChI=1S/C19H16F3NO6/c1-11(28-18(26)13-5-3-12(4-6-13)17(25)27-2)16(24)23-14-7-9-15(10-8-14)29-19(20,21)22/h3-11H,1-2H3,(H,23,24). The Morgan fingerprint density at radius 1 is 0.897 bits per heavy atom. The minimum atomic E-state index is -4.82. The Morgan fingerprint density at radius 3 is 1.90 bits per heavy atom. The van der Waals surface area contributed by atoms with Crippen LogP contribution >= 0.6 is 0 Å². The minimum Gasteiger partial charge on any atom is -0.465 e. The van der Waals surface area contributed by atoms with Crippen LogP contribution < -0.4 is 10.1 Å². The summed E-state index contributed by atoms with van der Waals surface area (Å²) in [6, 6.07) is 9.91. The molecule has 0 bridgehead atoms. The number of halogens is 3. The Morgan fingerprint density at radius 2 is 1.41 bits per heavy atom. The molecule has 2 aromatic rings. The molecule has 0 aliphatic rings. The van der Waals surface area contributed by atoms with Crippen molar-refractivity contribution in [2.75, 3.05) is 12.4 Å². The number of esters is 2. The number of hydrogen-bond donors (Lipinski definition) is 1. The summed E-state index contributed by atoms with van der Waals surface area (Å²) in [6.07, 6.45) is -6.00. The number of ether oxygens (including phenoxy) is 3. The topological polar surface area (TPSA) is 90.9 Å². The van der Waals surface area contributed by atoms with Gasteiger partial charge in [0, 0.05) is 5.69 Å². The van der Waals surface area contributed by atoms with Crippen LogP contribution in [0.1, 0.15) is 27.6 Å². The molecule has 1 unspecified atom stereocenters. The van der Waals surface area contributed by atoms with E-state index in [1.807, 2.05) is 0 Å². The molecule has 0 fully saturated rings. The number of benzene rings is 2. The maximum atomic E-state index is 12.1. The van der Waals surface area contributed by atoms with Crippen molar-refractivity contribution < 1.29 is 41.8 Å². The van der Waals surface area contributed by atoms with Gasteiger partial charge in [-0.1, -0.05) is 0 Å². The predicted octanol–water partition coefficient (Wildman–Crippen LogP) is 3.56. The van der Waals surface area contributed by atoms with Crippen molar-refractivity contribution >= 4 is 23.5 Å². The zero-order valence-electron chi connectivity index (χ0n) is 15.3. The first-order chi connectivity index (χ1) is 13.6. The van der Waals surface area contributed by atoms with Gasteiger partial charge in [0.15, 0.2) is 6.10 Å². The van der Waals surface area contributed by atoms with E-state index in [2.05, 4.69) is 14.8 Å². The molecule has 1 N–H and O–H groups in total. The Bertz CT molecular complexity index is 878. The third-order valence-electron chi connectivity index (χ3n) is 3.55. The van der Waals surface area contributed by atoms with Crippen molar-refractivity contribution in [2.24, 2.45) is 0 Å². The molecule has 2 rings (SSSR count). The number of amides is 1. The number of rotatable bonds is 6. The lowest BCUT2D eigenvalue weighted by molar-refractivity contribution is -0.274. The molecule has 0 heterocycles. The third kappa shape index (κ3) is 6.52. The first-order valence-corrected chi connectivity index (χ1v) is 8.15. The molecule has 0 saturated heterocycles. The quantitative estimate of drug-likeness (QED) is 0.731. The summed E-state index contributed by atoms with van der Waals surface area (Å²) in [4.78, 5) is 35.6. The van der Waals surface area contributed by atoms with Crippen molar-refractivity contribution in [3.05, 3.63) is 59.7 Å². The molecule has 10 heteroatoms. The van der Waals surface area contributed by atoms with Gasteiger partial charge in [-0.3, -0.25) is 4.79 Å². The van der Waals surface area contributed by atoms with Crippen LogP contribution in [0.4, 0.5) is 18.9 Å². The Kier molecular flexibility index (Phi) is 6.81. The molecule has 0 aliphatic carbocycles. The number of hydrogen-bond acceptors (Lipinski definition) is 6. The second-order valence-electron chi connectivity index (χ2n) is 5.68. The van der Waals surface area contributed by atoms with Crippen LogP contribution in [0, 0.1) is 0 Å². The number of carbonyl (C=O) groups excluding carboxylic acids is 3. The average molecular weight is 411 g/mol. The zero-order chi connectivity index (χ0) is 21.6. The van der Waals surface area contributed by atoms with E-state index in [4.69, 9.17) is 4.74 Å². The van der Waals surface area contributed by atoms with E-state index < -0.39 is 36.1 Å². The van der Waals surface area contributed by atoms with Crippen LogP contribution in [0.25, 0.3) is 0 Å². The van der Waals surface area contributed by atoms with Gasteiger partial charge in [0.05, 0.1) is 18.2 Å². The number of alkyl halides is 3. The lowest BCUT2D eigenvalue weighted by Gasteiger charge is -2.14. The molecular weight excluding hydrogens is 395 g/mol. The molecule has 7 nitrogen and oxygen atoms in total. The monoisotopic (exact) mass is 411 g/mol. The van der Waals surface area contributed by atoms with Gasteiger partial charge in [-0.15, -0.1) is 13.2 Å². The average Bonchev–Trinajstić information content (AvgIpc) is 2.67. The lowest BCUT2D eigenvalue weighted by atomic mass is 10.1. The van der Waals surface area contributed by atoms with Gasteiger partial charge in [0.1, 0.15) is 5.75 Å². The van der Waals surface area contributed by atoms with Crippen molar-refractivity contribution in [1.29, 1.82) is 0 Å². The lowest BCUT2D eigenvalue weighted by Crippen LogP contribution is -2.30. The number of methoxy groups -OCH3 is 1. The molecule has 2 aromatic carbocycles. The fraction of sp³-hybridized carbons (Fsp3) is 0.211. The summed E-state index contributed by atoms with van der Waals surface area (Å²) in [5, 5.41) is 2.41. The normalized spacial score (nSPS) is 11.9.